The summed E-state index contributed by atoms with van der Waals surface area (Å²) in [6, 6.07) is 5.86. The van der Waals surface area contributed by atoms with Crippen LogP contribution in [0.4, 0.5) is 11.4 Å². The number of sulfone groups is 1. The van der Waals surface area contributed by atoms with Gasteiger partial charge in [-0.3, -0.25) is 9.10 Å². The molecule has 0 heterocycles. The number of benzene rings is 1. The first kappa shape index (κ1) is 17.2. The maximum atomic E-state index is 12.2. The molecule has 0 atom stereocenters. The first-order chi connectivity index (χ1) is 9.53. The number of carboxylic acids is 1. The van der Waals surface area contributed by atoms with Gasteiger partial charge in [0.25, 0.3) is 0 Å². The number of hydrogen-bond donors (Lipinski definition) is 2. The molecule has 10 heteroatoms. The summed E-state index contributed by atoms with van der Waals surface area (Å²) in [5.41, 5.74) is 5.75. The van der Waals surface area contributed by atoms with Gasteiger partial charge in [-0.15, -0.1) is 0 Å². The second-order valence-electron chi connectivity index (χ2n) is 4.41. The highest BCUT2D eigenvalue weighted by Gasteiger charge is 2.27. The third-order valence-electron chi connectivity index (χ3n) is 2.53. The van der Waals surface area contributed by atoms with Gasteiger partial charge in [0, 0.05) is 6.26 Å². The van der Waals surface area contributed by atoms with Crippen LogP contribution in [0.2, 0.25) is 0 Å². The molecule has 0 radical (unpaired) electrons. The van der Waals surface area contributed by atoms with Crippen LogP contribution in [0.15, 0.2) is 24.3 Å². The lowest BCUT2D eigenvalue weighted by molar-refractivity contribution is -0.135. The molecule has 21 heavy (non-hydrogen) atoms. The molecule has 0 unspecified atom stereocenters. The van der Waals surface area contributed by atoms with Gasteiger partial charge in [0.15, 0.2) is 0 Å². The molecule has 1 aromatic rings. The number of sulfonamides is 1. The fourth-order valence-corrected chi connectivity index (χ4v) is 4.58. The zero-order chi connectivity index (χ0) is 16.3. The average molecular weight is 336 g/mol. The van der Waals surface area contributed by atoms with E-state index in [0.717, 1.165) is 6.26 Å². The van der Waals surface area contributed by atoms with Crippen LogP contribution < -0.4 is 10.0 Å². The van der Waals surface area contributed by atoms with Crippen LogP contribution >= 0.6 is 0 Å². The Bertz CT molecular complexity index is 727. The van der Waals surface area contributed by atoms with Crippen LogP contribution in [0.25, 0.3) is 0 Å². The largest absolute Gasteiger partial charge is 0.480 e. The van der Waals surface area contributed by atoms with Gasteiger partial charge in [-0.2, -0.15) is 0 Å². The van der Waals surface area contributed by atoms with Crippen molar-refractivity contribution in [2.24, 2.45) is 0 Å². The van der Waals surface area contributed by atoms with Gasteiger partial charge in [0.05, 0.1) is 22.9 Å². The van der Waals surface area contributed by atoms with Crippen molar-refractivity contribution in [1.29, 1.82) is 0 Å². The van der Waals surface area contributed by atoms with Crippen LogP contribution in [-0.2, 0) is 24.7 Å². The van der Waals surface area contributed by atoms with Gasteiger partial charge >= 0.3 is 5.97 Å². The molecule has 0 spiro atoms. The molecule has 0 aliphatic heterocycles. The first-order valence-corrected chi connectivity index (χ1v) is 9.44. The van der Waals surface area contributed by atoms with Gasteiger partial charge in [-0.25, -0.2) is 16.8 Å². The van der Waals surface area contributed by atoms with Crippen molar-refractivity contribution < 1.29 is 26.7 Å². The zero-order valence-corrected chi connectivity index (χ0v) is 12.9. The smallest absolute Gasteiger partial charge is 0.324 e. The minimum absolute atomic E-state index is 0.00778. The van der Waals surface area contributed by atoms with Crippen molar-refractivity contribution in [2.75, 3.05) is 34.3 Å². The molecule has 0 aromatic heterocycles. The third-order valence-corrected chi connectivity index (χ3v) is 5.45. The van der Waals surface area contributed by atoms with Gasteiger partial charge < -0.3 is 10.8 Å². The predicted octanol–water partition coefficient (Wildman–Crippen LogP) is -0.466. The summed E-state index contributed by atoms with van der Waals surface area (Å²) >= 11 is 0. The van der Waals surface area contributed by atoms with Crippen molar-refractivity contribution in [3.8, 4) is 0 Å². The van der Waals surface area contributed by atoms with Crippen molar-refractivity contribution in [1.82, 2.24) is 0 Å². The van der Waals surface area contributed by atoms with Crippen molar-refractivity contribution in [3.63, 3.8) is 0 Å². The molecule has 0 amide bonds. The highest BCUT2D eigenvalue weighted by molar-refractivity contribution is 7.95. The molecule has 0 aliphatic rings. The molecule has 1 aromatic carbocycles. The SMILES string of the molecule is CS(=O)(=O)CCS(=O)(=O)N(CC(=O)O)c1ccccc1N. The fourth-order valence-electron chi connectivity index (χ4n) is 1.54. The van der Waals surface area contributed by atoms with Crippen molar-refractivity contribution in [2.45, 2.75) is 0 Å². The lowest BCUT2D eigenvalue weighted by Crippen LogP contribution is -2.39. The summed E-state index contributed by atoms with van der Waals surface area (Å²) < 4.78 is 47.2. The quantitative estimate of drug-likeness (QED) is 0.643. The number of nitrogens with zero attached hydrogens (tertiary/aromatic N) is 1. The summed E-state index contributed by atoms with van der Waals surface area (Å²) in [4.78, 5) is 10.9. The molecule has 118 valence electrons. The minimum atomic E-state index is -4.13. The lowest BCUT2D eigenvalue weighted by Gasteiger charge is -2.23. The summed E-state index contributed by atoms with van der Waals surface area (Å²) in [5.74, 6) is -2.69. The first-order valence-electron chi connectivity index (χ1n) is 5.77. The van der Waals surface area contributed by atoms with Gasteiger partial charge in [-0.05, 0) is 12.1 Å². The van der Waals surface area contributed by atoms with Crippen LogP contribution in [0.1, 0.15) is 0 Å². The van der Waals surface area contributed by atoms with Gasteiger partial charge in [0.1, 0.15) is 16.4 Å². The number of carboxylic acid groups (broad SMARTS) is 1. The lowest BCUT2D eigenvalue weighted by atomic mass is 10.3. The van der Waals surface area contributed by atoms with E-state index in [4.69, 9.17) is 10.8 Å². The van der Waals surface area contributed by atoms with E-state index in [-0.39, 0.29) is 11.4 Å². The Morgan fingerprint density at radius 2 is 1.76 bits per heavy atom. The molecule has 1 rings (SSSR count). The van der Waals surface area contributed by atoms with E-state index in [2.05, 4.69) is 0 Å². The second kappa shape index (κ2) is 6.31. The normalized spacial score (nSPS) is 12.0. The summed E-state index contributed by atoms with van der Waals surface area (Å²) in [7, 11) is -7.63. The van der Waals surface area contributed by atoms with E-state index < -0.39 is 43.9 Å². The zero-order valence-electron chi connectivity index (χ0n) is 11.3. The third kappa shape index (κ3) is 5.23. The molecule has 0 aliphatic carbocycles. The number of carbonyl (C=O) groups is 1. The molecular formula is C11H16N2O6S2. The highest BCUT2D eigenvalue weighted by Crippen LogP contribution is 2.25. The van der Waals surface area contributed by atoms with Crippen molar-refractivity contribution in [3.05, 3.63) is 24.3 Å². The van der Waals surface area contributed by atoms with Crippen LogP contribution in [0.3, 0.4) is 0 Å². The molecule has 8 nitrogen and oxygen atoms in total. The van der Waals surface area contributed by atoms with E-state index in [1.165, 1.54) is 18.2 Å². The number of nitrogen functional groups attached to an aromatic ring is 1. The molecular weight excluding hydrogens is 320 g/mol. The van der Waals surface area contributed by atoms with E-state index in [9.17, 15) is 21.6 Å². The standard InChI is InChI=1S/C11H16N2O6S2/c1-20(16,17)6-7-21(18,19)13(8-11(14)15)10-5-3-2-4-9(10)12/h2-5H,6-8,12H2,1H3,(H,14,15). The summed E-state index contributed by atoms with van der Waals surface area (Å²) in [5, 5.41) is 8.86. The van der Waals surface area contributed by atoms with E-state index >= 15 is 0 Å². The Morgan fingerprint density at radius 1 is 1.19 bits per heavy atom. The van der Waals surface area contributed by atoms with E-state index in [1.807, 2.05) is 0 Å². The Hall–Kier alpha value is -1.81. The molecule has 0 fully saturated rings. The Morgan fingerprint density at radius 3 is 2.24 bits per heavy atom. The van der Waals surface area contributed by atoms with Crippen LogP contribution in [0, 0.1) is 0 Å². The topological polar surface area (TPSA) is 135 Å². The Kier molecular flexibility index (Phi) is 5.18. The maximum Gasteiger partial charge on any atom is 0.324 e. The molecule has 0 saturated carbocycles. The van der Waals surface area contributed by atoms with Crippen molar-refractivity contribution >= 4 is 37.2 Å². The maximum absolute atomic E-state index is 12.2. The predicted molar refractivity (Wildman–Crippen MR) is 79.3 cm³/mol. The molecule has 0 bridgehead atoms. The highest BCUT2D eigenvalue weighted by atomic mass is 32.2. The van der Waals surface area contributed by atoms with Gasteiger partial charge in [0.2, 0.25) is 10.0 Å². The Labute approximate surface area is 123 Å². The molecule has 0 saturated heterocycles. The molecule has 3 N–H and O–H groups in total. The Balaban J connectivity index is 3.19. The fraction of sp³-hybridized carbons (Fsp3) is 0.364. The average Bonchev–Trinajstić information content (AvgIpc) is 2.34. The second-order valence-corrected chi connectivity index (χ2v) is 8.68. The number of rotatable bonds is 7. The summed E-state index contributed by atoms with van der Waals surface area (Å²) in [6.45, 7) is -0.833. The van der Waals surface area contributed by atoms with E-state index in [1.54, 1.807) is 6.07 Å². The number of aliphatic carboxylic acids is 1. The van der Waals surface area contributed by atoms with Crippen LogP contribution in [0.5, 0.6) is 0 Å². The van der Waals surface area contributed by atoms with Gasteiger partial charge in [-0.1, -0.05) is 12.1 Å². The number of para-hydroxylation sites is 2. The van der Waals surface area contributed by atoms with E-state index in [0.29, 0.717) is 4.31 Å². The minimum Gasteiger partial charge on any atom is -0.480 e. The monoisotopic (exact) mass is 336 g/mol. The number of nitrogens with two attached hydrogens (primary N) is 1. The summed E-state index contributed by atoms with van der Waals surface area (Å²) in [6.07, 6.45) is 0.904. The number of anilines is 2. The number of hydrogen-bond acceptors (Lipinski definition) is 6. The van der Waals surface area contributed by atoms with Crippen LogP contribution in [-0.4, -0.2) is 52.2 Å².